The number of nitrogen functional groups attached to an aromatic ring is 1. The van der Waals surface area contributed by atoms with Crippen molar-refractivity contribution in [2.24, 2.45) is 0 Å². The molecule has 0 spiro atoms. The normalized spacial score (nSPS) is 10.4. The maximum Gasteiger partial charge on any atom is 0.319 e. The third kappa shape index (κ3) is 5.03. The average molecular weight is 413 g/mol. The molecule has 1 aromatic heterocycles. The van der Waals surface area contributed by atoms with E-state index in [4.69, 9.17) is 17.3 Å². The molecule has 0 bridgehead atoms. The molecule has 2 amide bonds. The van der Waals surface area contributed by atoms with Crippen molar-refractivity contribution in [2.75, 3.05) is 17.6 Å². The van der Waals surface area contributed by atoms with Gasteiger partial charge in [0.1, 0.15) is 23.3 Å². The number of nitriles is 1. The lowest BCUT2D eigenvalue weighted by Crippen LogP contribution is -2.29. The molecule has 0 fully saturated rings. The number of nitrogens with zero attached hydrogens (tertiary/aromatic N) is 3. The number of carbonyl (C=O) groups excluding carboxylic acids is 1. The molecule has 0 saturated heterocycles. The van der Waals surface area contributed by atoms with E-state index in [0.29, 0.717) is 41.5 Å². The van der Waals surface area contributed by atoms with Crippen molar-refractivity contribution in [2.45, 2.75) is 12.8 Å². The Hall–Kier alpha value is -3.57. The maximum absolute atomic E-state index is 13.1. The summed E-state index contributed by atoms with van der Waals surface area (Å²) in [7, 11) is 0. The SMILES string of the molecule is N#Cc1c(CCCNC(=O)Nc2ccc(Cl)cc2)nn(-c2ccc(F)cc2)c1N. The first-order valence-electron chi connectivity index (χ1n) is 8.82. The number of anilines is 2. The number of nitrogens with two attached hydrogens (primary N) is 1. The molecule has 2 aromatic carbocycles. The van der Waals surface area contributed by atoms with Gasteiger partial charge in [-0.1, -0.05) is 11.6 Å². The molecule has 9 heteroatoms. The molecule has 4 N–H and O–H groups in total. The van der Waals surface area contributed by atoms with Crippen molar-refractivity contribution in [1.29, 1.82) is 5.26 Å². The standard InChI is InChI=1S/C20H18ClFN6O/c21-13-3-7-15(8-4-13)26-20(29)25-11-1-2-18-17(12-23)19(24)28(27-18)16-9-5-14(22)6-10-16/h3-10H,1-2,11,24H2,(H2,25,26,29). The zero-order chi connectivity index (χ0) is 20.8. The third-order valence-corrected chi connectivity index (χ3v) is 4.41. The van der Waals surface area contributed by atoms with Crippen molar-refractivity contribution in [3.8, 4) is 11.8 Å². The second kappa shape index (κ2) is 9.08. The molecule has 0 aliphatic heterocycles. The molecule has 148 valence electrons. The number of hydrogen-bond donors (Lipinski definition) is 3. The highest BCUT2D eigenvalue weighted by atomic mass is 35.5. The van der Waals surface area contributed by atoms with Crippen LogP contribution < -0.4 is 16.4 Å². The Morgan fingerprint density at radius 1 is 1.21 bits per heavy atom. The number of aromatic nitrogens is 2. The summed E-state index contributed by atoms with van der Waals surface area (Å²) < 4.78 is 14.5. The van der Waals surface area contributed by atoms with Crippen LogP contribution in [-0.4, -0.2) is 22.4 Å². The summed E-state index contributed by atoms with van der Waals surface area (Å²) in [5.41, 5.74) is 8.02. The van der Waals surface area contributed by atoms with Crippen LogP contribution in [0.1, 0.15) is 17.7 Å². The van der Waals surface area contributed by atoms with Gasteiger partial charge in [-0.05, 0) is 61.4 Å². The Kier molecular flexibility index (Phi) is 6.32. The second-order valence-electron chi connectivity index (χ2n) is 6.20. The van der Waals surface area contributed by atoms with Gasteiger partial charge in [-0.3, -0.25) is 0 Å². The zero-order valence-electron chi connectivity index (χ0n) is 15.3. The number of hydrogen-bond acceptors (Lipinski definition) is 4. The monoisotopic (exact) mass is 412 g/mol. The fourth-order valence-corrected chi connectivity index (χ4v) is 2.85. The lowest BCUT2D eigenvalue weighted by Gasteiger charge is -2.07. The minimum absolute atomic E-state index is 0.197. The van der Waals surface area contributed by atoms with Gasteiger partial charge in [-0.25, -0.2) is 13.9 Å². The lowest BCUT2D eigenvalue weighted by molar-refractivity contribution is 0.252. The van der Waals surface area contributed by atoms with Crippen LogP contribution in [0.15, 0.2) is 48.5 Å². The van der Waals surface area contributed by atoms with Crippen molar-refractivity contribution in [1.82, 2.24) is 15.1 Å². The van der Waals surface area contributed by atoms with E-state index in [0.717, 1.165) is 0 Å². The number of amides is 2. The van der Waals surface area contributed by atoms with Gasteiger partial charge in [0.25, 0.3) is 0 Å². The molecule has 0 saturated carbocycles. The van der Waals surface area contributed by atoms with Gasteiger partial charge in [0.05, 0.1) is 11.4 Å². The van der Waals surface area contributed by atoms with Crippen LogP contribution in [0.25, 0.3) is 5.69 Å². The number of urea groups is 1. The first kappa shape index (κ1) is 20.2. The molecule has 0 radical (unpaired) electrons. The molecule has 0 aliphatic carbocycles. The number of rotatable bonds is 6. The van der Waals surface area contributed by atoms with E-state index >= 15 is 0 Å². The van der Waals surface area contributed by atoms with Crippen LogP contribution in [0.4, 0.5) is 20.7 Å². The minimum atomic E-state index is -0.372. The van der Waals surface area contributed by atoms with Gasteiger partial charge in [0, 0.05) is 17.3 Å². The molecule has 29 heavy (non-hydrogen) atoms. The van der Waals surface area contributed by atoms with E-state index in [-0.39, 0.29) is 23.2 Å². The molecular weight excluding hydrogens is 395 g/mol. The maximum atomic E-state index is 13.1. The van der Waals surface area contributed by atoms with Crippen molar-refractivity contribution < 1.29 is 9.18 Å². The Labute approximate surface area is 171 Å². The van der Waals surface area contributed by atoms with E-state index in [1.54, 1.807) is 24.3 Å². The first-order valence-corrected chi connectivity index (χ1v) is 9.19. The highest BCUT2D eigenvalue weighted by Gasteiger charge is 2.16. The average Bonchev–Trinajstić information content (AvgIpc) is 3.03. The summed E-state index contributed by atoms with van der Waals surface area (Å²) in [6.45, 7) is 0.383. The summed E-state index contributed by atoms with van der Waals surface area (Å²) in [6, 6.07) is 14.1. The Balaban J connectivity index is 1.57. The minimum Gasteiger partial charge on any atom is -0.382 e. The fourth-order valence-electron chi connectivity index (χ4n) is 2.72. The highest BCUT2D eigenvalue weighted by molar-refractivity contribution is 6.30. The van der Waals surface area contributed by atoms with E-state index in [2.05, 4.69) is 21.8 Å². The molecule has 3 rings (SSSR count). The van der Waals surface area contributed by atoms with Crippen LogP contribution >= 0.6 is 11.6 Å². The largest absolute Gasteiger partial charge is 0.382 e. The number of carbonyl (C=O) groups is 1. The smallest absolute Gasteiger partial charge is 0.319 e. The fraction of sp³-hybridized carbons (Fsp3) is 0.150. The second-order valence-corrected chi connectivity index (χ2v) is 6.63. The van der Waals surface area contributed by atoms with Gasteiger partial charge in [0.15, 0.2) is 0 Å². The highest BCUT2D eigenvalue weighted by Crippen LogP contribution is 2.21. The Bertz CT molecular complexity index is 1040. The van der Waals surface area contributed by atoms with E-state index < -0.39 is 0 Å². The van der Waals surface area contributed by atoms with E-state index in [1.165, 1.54) is 28.9 Å². The predicted molar refractivity (Wildman–Crippen MR) is 109 cm³/mol. The molecule has 3 aromatic rings. The van der Waals surface area contributed by atoms with Gasteiger partial charge < -0.3 is 16.4 Å². The first-order chi connectivity index (χ1) is 14.0. The van der Waals surface area contributed by atoms with Crippen molar-refractivity contribution >= 4 is 29.1 Å². The van der Waals surface area contributed by atoms with Gasteiger partial charge >= 0.3 is 6.03 Å². The van der Waals surface area contributed by atoms with E-state index in [1.807, 2.05) is 0 Å². The summed E-state index contributed by atoms with van der Waals surface area (Å²) in [5.74, 6) is -0.175. The Morgan fingerprint density at radius 2 is 1.90 bits per heavy atom. The van der Waals surface area contributed by atoms with Crippen LogP contribution in [0.5, 0.6) is 0 Å². The summed E-state index contributed by atoms with van der Waals surface area (Å²) in [5, 5.41) is 19.8. The number of benzene rings is 2. The van der Waals surface area contributed by atoms with Crippen LogP contribution in [-0.2, 0) is 6.42 Å². The molecule has 1 heterocycles. The molecular formula is C20H18ClFN6O. The topological polar surface area (TPSA) is 109 Å². The van der Waals surface area contributed by atoms with Gasteiger partial charge in [-0.15, -0.1) is 0 Å². The molecule has 0 atom stereocenters. The van der Waals surface area contributed by atoms with Crippen LogP contribution in [0.3, 0.4) is 0 Å². The summed E-state index contributed by atoms with van der Waals surface area (Å²) in [4.78, 5) is 11.9. The third-order valence-electron chi connectivity index (χ3n) is 4.15. The zero-order valence-corrected chi connectivity index (χ0v) is 16.1. The molecule has 0 aliphatic rings. The predicted octanol–water partition coefficient (Wildman–Crippen LogP) is 3.87. The Morgan fingerprint density at radius 3 is 2.55 bits per heavy atom. The summed E-state index contributed by atoms with van der Waals surface area (Å²) >= 11 is 5.81. The summed E-state index contributed by atoms with van der Waals surface area (Å²) in [6.07, 6.45) is 1.01. The van der Waals surface area contributed by atoms with Crippen molar-refractivity contribution in [3.05, 3.63) is 70.6 Å². The molecule has 0 unspecified atom stereocenters. The lowest BCUT2D eigenvalue weighted by atomic mass is 10.1. The number of nitrogens with one attached hydrogen (secondary N) is 2. The molecule has 7 nitrogen and oxygen atoms in total. The van der Waals surface area contributed by atoms with Crippen LogP contribution in [0, 0.1) is 17.1 Å². The van der Waals surface area contributed by atoms with Gasteiger partial charge in [-0.2, -0.15) is 10.4 Å². The quantitative estimate of drug-likeness (QED) is 0.534. The van der Waals surface area contributed by atoms with E-state index in [9.17, 15) is 14.4 Å². The number of halogens is 2. The van der Waals surface area contributed by atoms with Crippen molar-refractivity contribution in [3.63, 3.8) is 0 Å². The van der Waals surface area contributed by atoms with Gasteiger partial charge in [0.2, 0.25) is 0 Å². The van der Waals surface area contributed by atoms with Crippen LogP contribution in [0.2, 0.25) is 5.02 Å². The number of aryl methyl sites for hydroxylation is 1.